The van der Waals surface area contributed by atoms with Crippen molar-refractivity contribution in [3.05, 3.63) is 72.4 Å². The third-order valence-corrected chi connectivity index (χ3v) is 3.85. The molecule has 2 aromatic heterocycles. The molecule has 0 aliphatic rings. The fourth-order valence-electron chi connectivity index (χ4n) is 2.15. The van der Waals surface area contributed by atoms with Crippen LogP contribution in [0.2, 0.25) is 10.0 Å². The normalized spacial score (nSPS) is 11.2. The summed E-state index contributed by atoms with van der Waals surface area (Å²) in [5.41, 5.74) is -1.43. The summed E-state index contributed by atoms with van der Waals surface area (Å²) < 4.78 is 5.63. The fourth-order valence-corrected chi connectivity index (χ4v) is 2.65. The summed E-state index contributed by atoms with van der Waals surface area (Å²) in [5.74, 6) is -0.127. The quantitative estimate of drug-likeness (QED) is 0.507. The average molecular weight is 394 g/mol. The lowest BCUT2D eigenvalue weighted by Crippen LogP contribution is -2.14. The largest absolute Gasteiger partial charge is 0.488 e. The Morgan fingerprint density at radius 2 is 2.00 bits per heavy atom. The number of aromatic hydroxyl groups is 1. The standard InChI is InChI=1S/C16H9Cl2N3O5/c17-8-1-4-10(11(18)7-8)12-5-2-9(26-12)3-6-13-19-15(22)14(21(24)25)16(23)20-13/h1-7H,(H2,19,20,22,23). The van der Waals surface area contributed by atoms with E-state index in [0.29, 0.717) is 27.1 Å². The average Bonchev–Trinajstić information content (AvgIpc) is 3.00. The van der Waals surface area contributed by atoms with Gasteiger partial charge in [0.15, 0.2) is 0 Å². The van der Waals surface area contributed by atoms with Gasteiger partial charge >= 0.3 is 11.2 Å². The first kappa shape index (κ1) is 17.7. The Morgan fingerprint density at radius 3 is 2.65 bits per heavy atom. The Balaban J connectivity index is 1.88. The van der Waals surface area contributed by atoms with E-state index in [4.69, 9.17) is 27.6 Å². The summed E-state index contributed by atoms with van der Waals surface area (Å²) in [7, 11) is 0. The van der Waals surface area contributed by atoms with Crippen LogP contribution in [0.1, 0.15) is 11.6 Å². The monoisotopic (exact) mass is 393 g/mol. The summed E-state index contributed by atoms with van der Waals surface area (Å²) in [6.07, 6.45) is 2.80. The van der Waals surface area contributed by atoms with Crippen LogP contribution in [0.3, 0.4) is 0 Å². The second-order valence-corrected chi connectivity index (χ2v) is 5.88. The number of H-pyrrole nitrogens is 1. The van der Waals surface area contributed by atoms with Crippen LogP contribution >= 0.6 is 23.2 Å². The van der Waals surface area contributed by atoms with Crippen molar-refractivity contribution >= 4 is 41.0 Å². The van der Waals surface area contributed by atoms with Gasteiger partial charge in [-0.25, -0.2) is 0 Å². The molecular formula is C16H9Cl2N3O5. The molecule has 132 valence electrons. The van der Waals surface area contributed by atoms with E-state index in [9.17, 15) is 20.0 Å². The van der Waals surface area contributed by atoms with Gasteiger partial charge in [-0.3, -0.25) is 14.9 Å². The van der Waals surface area contributed by atoms with Crippen molar-refractivity contribution in [2.45, 2.75) is 0 Å². The number of aromatic amines is 1. The van der Waals surface area contributed by atoms with Gasteiger partial charge < -0.3 is 14.5 Å². The molecule has 2 heterocycles. The minimum Gasteiger partial charge on any atom is -0.488 e. The maximum Gasteiger partial charge on any atom is 0.395 e. The van der Waals surface area contributed by atoms with Crippen LogP contribution < -0.4 is 5.56 Å². The molecular weight excluding hydrogens is 385 g/mol. The molecule has 8 nitrogen and oxygen atoms in total. The number of nitro groups is 1. The van der Waals surface area contributed by atoms with Crippen LogP contribution in [0.4, 0.5) is 5.69 Å². The van der Waals surface area contributed by atoms with Crippen molar-refractivity contribution in [3.8, 4) is 17.2 Å². The van der Waals surface area contributed by atoms with Gasteiger partial charge in [0.05, 0.1) is 9.95 Å². The lowest BCUT2D eigenvalue weighted by Gasteiger charge is -2.00. The summed E-state index contributed by atoms with van der Waals surface area (Å²) in [6.45, 7) is 0. The van der Waals surface area contributed by atoms with Crippen molar-refractivity contribution in [1.82, 2.24) is 9.97 Å². The summed E-state index contributed by atoms with van der Waals surface area (Å²) in [6, 6.07) is 8.32. The SMILES string of the molecule is O=c1[nH]c(C=Cc2ccc(-c3ccc(Cl)cc3Cl)o2)nc(O)c1[N+](=O)[O-]. The Morgan fingerprint density at radius 1 is 1.23 bits per heavy atom. The number of aromatic nitrogens is 2. The molecule has 0 amide bonds. The summed E-state index contributed by atoms with van der Waals surface area (Å²) in [5, 5.41) is 21.1. The van der Waals surface area contributed by atoms with Gasteiger partial charge in [-0.1, -0.05) is 23.2 Å². The zero-order valence-corrected chi connectivity index (χ0v) is 14.3. The third-order valence-electron chi connectivity index (χ3n) is 3.31. The van der Waals surface area contributed by atoms with Gasteiger partial charge in [-0.2, -0.15) is 4.98 Å². The second kappa shape index (κ2) is 7.03. The van der Waals surface area contributed by atoms with E-state index in [1.54, 1.807) is 30.3 Å². The number of furan rings is 1. The van der Waals surface area contributed by atoms with Crippen LogP contribution in [0, 0.1) is 10.1 Å². The van der Waals surface area contributed by atoms with Gasteiger partial charge in [-0.15, -0.1) is 0 Å². The van der Waals surface area contributed by atoms with Crippen molar-refractivity contribution in [1.29, 1.82) is 0 Å². The van der Waals surface area contributed by atoms with Crippen LogP contribution in [-0.4, -0.2) is 20.0 Å². The van der Waals surface area contributed by atoms with E-state index in [1.807, 2.05) is 0 Å². The van der Waals surface area contributed by atoms with Crippen molar-refractivity contribution in [2.75, 3.05) is 0 Å². The smallest absolute Gasteiger partial charge is 0.395 e. The topological polar surface area (TPSA) is 122 Å². The lowest BCUT2D eigenvalue weighted by atomic mass is 10.2. The predicted molar refractivity (Wildman–Crippen MR) is 96.3 cm³/mol. The molecule has 26 heavy (non-hydrogen) atoms. The zero-order chi connectivity index (χ0) is 18.8. The molecule has 10 heteroatoms. The van der Waals surface area contributed by atoms with Gasteiger partial charge in [0, 0.05) is 10.6 Å². The highest BCUT2D eigenvalue weighted by molar-refractivity contribution is 6.36. The highest BCUT2D eigenvalue weighted by Gasteiger charge is 2.21. The number of hydrogen-bond donors (Lipinski definition) is 2. The number of halogens is 2. The molecule has 0 saturated heterocycles. The maximum atomic E-state index is 11.6. The Kier molecular flexibility index (Phi) is 4.79. The van der Waals surface area contributed by atoms with E-state index >= 15 is 0 Å². The first-order valence-electron chi connectivity index (χ1n) is 7.06. The number of benzene rings is 1. The highest BCUT2D eigenvalue weighted by atomic mass is 35.5. The third kappa shape index (κ3) is 3.61. The number of nitrogens with zero attached hydrogens (tertiary/aromatic N) is 2. The lowest BCUT2D eigenvalue weighted by molar-refractivity contribution is -0.387. The molecule has 0 aliphatic carbocycles. The number of rotatable bonds is 4. The fraction of sp³-hybridized carbons (Fsp3) is 0. The molecule has 0 saturated carbocycles. The Hall–Kier alpha value is -3.10. The summed E-state index contributed by atoms with van der Waals surface area (Å²) >= 11 is 12.0. The minimum atomic E-state index is -1.06. The molecule has 1 aromatic carbocycles. The van der Waals surface area contributed by atoms with Crippen molar-refractivity contribution in [3.63, 3.8) is 0 Å². The number of nitrogens with one attached hydrogen (secondary N) is 1. The van der Waals surface area contributed by atoms with Gasteiger partial charge in [-0.05, 0) is 42.5 Å². The van der Waals surface area contributed by atoms with Crippen LogP contribution in [0.15, 0.2) is 39.5 Å². The van der Waals surface area contributed by atoms with Crippen LogP contribution in [0.25, 0.3) is 23.5 Å². The molecule has 0 atom stereocenters. The summed E-state index contributed by atoms with van der Waals surface area (Å²) in [4.78, 5) is 27.0. The molecule has 0 aliphatic heterocycles. The minimum absolute atomic E-state index is 0.0689. The zero-order valence-electron chi connectivity index (χ0n) is 12.8. The van der Waals surface area contributed by atoms with Crippen LogP contribution in [0.5, 0.6) is 5.88 Å². The molecule has 0 bridgehead atoms. The Labute approximate surface area is 155 Å². The first-order valence-corrected chi connectivity index (χ1v) is 7.82. The predicted octanol–water partition coefficient (Wildman–Crippen LogP) is 4.12. The molecule has 3 rings (SSSR count). The maximum absolute atomic E-state index is 11.6. The molecule has 0 radical (unpaired) electrons. The molecule has 0 spiro atoms. The van der Waals surface area contributed by atoms with Crippen molar-refractivity contribution in [2.24, 2.45) is 0 Å². The van der Waals surface area contributed by atoms with E-state index < -0.39 is 22.0 Å². The molecule has 3 aromatic rings. The van der Waals surface area contributed by atoms with E-state index in [2.05, 4.69) is 9.97 Å². The first-order chi connectivity index (χ1) is 12.3. The number of hydrogen-bond acceptors (Lipinski definition) is 6. The molecule has 0 unspecified atom stereocenters. The van der Waals surface area contributed by atoms with Crippen molar-refractivity contribution < 1.29 is 14.4 Å². The van der Waals surface area contributed by atoms with Gasteiger partial charge in [0.2, 0.25) is 0 Å². The van der Waals surface area contributed by atoms with Gasteiger partial charge in [0.25, 0.3) is 5.88 Å². The second-order valence-electron chi connectivity index (χ2n) is 5.04. The van der Waals surface area contributed by atoms with Gasteiger partial charge in [0.1, 0.15) is 17.3 Å². The van der Waals surface area contributed by atoms with E-state index in [0.717, 1.165) is 0 Å². The van der Waals surface area contributed by atoms with E-state index in [1.165, 1.54) is 12.2 Å². The Bertz CT molecular complexity index is 1090. The highest BCUT2D eigenvalue weighted by Crippen LogP contribution is 2.31. The molecule has 0 fully saturated rings. The molecule has 2 N–H and O–H groups in total. The van der Waals surface area contributed by atoms with Crippen LogP contribution in [-0.2, 0) is 0 Å². The van der Waals surface area contributed by atoms with E-state index in [-0.39, 0.29) is 5.82 Å².